The van der Waals surface area contributed by atoms with Gasteiger partial charge in [-0.15, -0.1) is 10.2 Å². The molecule has 0 saturated carbocycles. The van der Waals surface area contributed by atoms with Gasteiger partial charge in [0.1, 0.15) is 12.1 Å². The fourth-order valence-corrected chi connectivity index (χ4v) is 1.99. The number of methoxy groups -OCH3 is 1. The Bertz CT molecular complexity index is 721. The highest BCUT2D eigenvalue weighted by molar-refractivity contribution is 5.95. The number of pyridine rings is 1. The summed E-state index contributed by atoms with van der Waals surface area (Å²) in [6.45, 7) is 0. The molecule has 0 aliphatic rings. The van der Waals surface area contributed by atoms with Crippen LogP contribution >= 0.6 is 0 Å². The predicted octanol–water partition coefficient (Wildman–Crippen LogP) is 1.28. The van der Waals surface area contributed by atoms with E-state index >= 15 is 0 Å². The number of hydrogen-bond donors (Lipinski definition) is 1. The summed E-state index contributed by atoms with van der Waals surface area (Å²) < 4.78 is 7.08. The quantitative estimate of drug-likeness (QED) is 0.700. The standard InChI is InChI=1S/C12H9N3O2.CH5N/c1-17-10-4-2-3-8-5-9(6-16)12-14-13-7-15(12)11(8)10;1-2/h2-7H,1H3;2H2,1H3. The molecule has 0 aliphatic heterocycles. The average Bonchev–Trinajstić information content (AvgIpc) is 2.97. The van der Waals surface area contributed by atoms with Crippen LogP contribution in [0.3, 0.4) is 0 Å². The molecule has 19 heavy (non-hydrogen) atoms. The van der Waals surface area contributed by atoms with Gasteiger partial charge in [0.2, 0.25) is 0 Å². The third-order valence-corrected chi connectivity index (χ3v) is 2.73. The molecule has 0 atom stereocenters. The number of rotatable bonds is 2. The Morgan fingerprint density at radius 2 is 2.16 bits per heavy atom. The van der Waals surface area contributed by atoms with Crippen LogP contribution in [-0.2, 0) is 0 Å². The molecule has 0 saturated heterocycles. The van der Waals surface area contributed by atoms with Gasteiger partial charge in [-0.1, -0.05) is 12.1 Å². The summed E-state index contributed by atoms with van der Waals surface area (Å²) in [6, 6.07) is 7.45. The number of hydrogen-bond acceptors (Lipinski definition) is 5. The van der Waals surface area contributed by atoms with Crippen LogP contribution in [0.1, 0.15) is 10.4 Å². The number of para-hydroxylation sites is 1. The molecule has 0 fully saturated rings. The Morgan fingerprint density at radius 3 is 2.84 bits per heavy atom. The summed E-state index contributed by atoms with van der Waals surface area (Å²) in [5.74, 6) is 0.727. The van der Waals surface area contributed by atoms with Gasteiger partial charge >= 0.3 is 0 Å². The van der Waals surface area contributed by atoms with Crippen molar-refractivity contribution in [3.63, 3.8) is 0 Å². The van der Waals surface area contributed by atoms with Gasteiger partial charge in [0, 0.05) is 5.39 Å². The van der Waals surface area contributed by atoms with E-state index in [1.54, 1.807) is 23.9 Å². The average molecular weight is 258 g/mol. The van der Waals surface area contributed by atoms with E-state index < -0.39 is 0 Å². The highest BCUT2D eigenvalue weighted by atomic mass is 16.5. The van der Waals surface area contributed by atoms with Gasteiger partial charge < -0.3 is 10.5 Å². The molecule has 0 spiro atoms. The van der Waals surface area contributed by atoms with E-state index in [-0.39, 0.29) is 0 Å². The van der Waals surface area contributed by atoms with Gasteiger partial charge in [0.25, 0.3) is 0 Å². The highest BCUT2D eigenvalue weighted by Crippen LogP contribution is 2.27. The van der Waals surface area contributed by atoms with Crippen molar-refractivity contribution in [3.05, 3.63) is 36.2 Å². The molecule has 0 unspecified atom stereocenters. The predicted molar refractivity (Wildman–Crippen MR) is 72.5 cm³/mol. The SMILES string of the molecule is CN.COc1cccc2cc(C=O)c3nncn3c12. The molecule has 2 N–H and O–H groups in total. The Morgan fingerprint density at radius 1 is 1.37 bits per heavy atom. The Kier molecular flexibility index (Phi) is 3.72. The Labute approximate surface area is 109 Å². The van der Waals surface area contributed by atoms with Gasteiger partial charge in [0.15, 0.2) is 11.9 Å². The molecule has 98 valence electrons. The summed E-state index contributed by atoms with van der Waals surface area (Å²) in [5, 5.41) is 8.69. The maximum absolute atomic E-state index is 11.0. The lowest BCUT2D eigenvalue weighted by atomic mass is 10.1. The minimum Gasteiger partial charge on any atom is -0.495 e. The van der Waals surface area contributed by atoms with Crippen molar-refractivity contribution in [3.8, 4) is 5.75 Å². The van der Waals surface area contributed by atoms with Crippen LogP contribution in [0, 0.1) is 0 Å². The fraction of sp³-hybridized carbons (Fsp3) is 0.154. The number of nitrogens with zero attached hydrogens (tertiary/aromatic N) is 3. The summed E-state index contributed by atoms with van der Waals surface area (Å²) >= 11 is 0. The molecule has 0 radical (unpaired) electrons. The van der Waals surface area contributed by atoms with E-state index in [9.17, 15) is 4.79 Å². The van der Waals surface area contributed by atoms with Gasteiger partial charge in [-0.2, -0.15) is 0 Å². The second-order valence-corrected chi connectivity index (χ2v) is 3.64. The monoisotopic (exact) mass is 258 g/mol. The molecule has 2 aromatic heterocycles. The summed E-state index contributed by atoms with van der Waals surface area (Å²) in [7, 11) is 3.11. The number of ether oxygens (including phenoxy) is 1. The van der Waals surface area contributed by atoms with Crippen molar-refractivity contribution >= 4 is 22.8 Å². The van der Waals surface area contributed by atoms with Crippen molar-refractivity contribution in [2.75, 3.05) is 14.2 Å². The number of aromatic nitrogens is 3. The van der Waals surface area contributed by atoms with Gasteiger partial charge in [-0.05, 0) is 19.2 Å². The lowest BCUT2D eigenvalue weighted by Gasteiger charge is -2.08. The zero-order valence-corrected chi connectivity index (χ0v) is 10.7. The van der Waals surface area contributed by atoms with Crippen LogP contribution < -0.4 is 10.5 Å². The first-order valence-electron chi connectivity index (χ1n) is 5.67. The third-order valence-electron chi connectivity index (χ3n) is 2.73. The zero-order valence-electron chi connectivity index (χ0n) is 10.7. The number of aldehydes is 1. The minimum atomic E-state index is 0.517. The lowest BCUT2D eigenvalue weighted by Crippen LogP contribution is -1.96. The second-order valence-electron chi connectivity index (χ2n) is 3.64. The number of carbonyl (C=O) groups is 1. The molecule has 0 aliphatic carbocycles. The normalized spacial score (nSPS) is 10.1. The Balaban J connectivity index is 0.000000637. The van der Waals surface area contributed by atoms with Crippen molar-refractivity contribution in [2.45, 2.75) is 0 Å². The van der Waals surface area contributed by atoms with Gasteiger partial charge in [0.05, 0.1) is 18.2 Å². The molecule has 3 rings (SSSR count). The van der Waals surface area contributed by atoms with E-state index in [2.05, 4.69) is 15.9 Å². The van der Waals surface area contributed by atoms with E-state index in [1.807, 2.05) is 18.2 Å². The van der Waals surface area contributed by atoms with E-state index in [1.165, 1.54) is 7.05 Å². The second kappa shape index (κ2) is 5.45. The lowest BCUT2D eigenvalue weighted by molar-refractivity contribution is 0.112. The minimum absolute atomic E-state index is 0.517. The summed E-state index contributed by atoms with van der Waals surface area (Å²) in [4.78, 5) is 11.0. The maximum Gasteiger partial charge on any atom is 0.171 e. The molecule has 2 heterocycles. The molecule has 1 aromatic carbocycles. The van der Waals surface area contributed by atoms with Crippen LogP contribution in [0.4, 0.5) is 0 Å². The molecule has 6 heteroatoms. The summed E-state index contributed by atoms with van der Waals surface area (Å²) in [6.07, 6.45) is 2.36. The maximum atomic E-state index is 11.0. The molecule has 0 bridgehead atoms. The molecule has 0 amide bonds. The van der Waals surface area contributed by atoms with Crippen molar-refractivity contribution in [1.29, 1.82) is 0 Å². The van der Waals surface area contributed by atoms with E-state index in [4.69, 9.17) is 4.74 Å². The van der Waals surface area contributed by atoms with Gasteiger partial charge in [-0.3, -0.25) is 9.20 Å². The molecular formula is C13H14N4O2. The Hall–Kier alpha value is -2.47. The summed E-state index contributed by atoms with van der Waals surface area (Å²) in [5.41, 5.74) is 6.42. The van der Waals surface area contributed by atoms with Crippen LogP contribution in [0.2, 0.25) is 0 Å². The van der Waals surface area contributed by atoms with Crippen LogP contribution in [0.25, 0.3) is 16.6 Å². The van der Waals surface area contributed by atoms with Crippen LogP contribution in [-0.4, -0.2) is 35.0 Å². The fourth-order valence-electron chi connectivity index (χ4n) is 1.99. The van der Waals surface area contributed by atoms with Crippen molar-refractivity contribution in [1.82, 2.24) is 14.6 Å². The van der Waals surface area contributed by atoms with E-state index in [0.717, 1.165) is 22.9 Å². The molecule has 3 aromatic rings. The number of benzene rings is 1. The first-order valence-corrected chi connectivity index (χ1v) is 5.67. The first kappa shape index (κ1) is 13.0. The number of carbonyl (C=O) groups excluding carboxylic acids is 1. The third kappa shape index (κ3) is 2.02. The van der Waals surface area contributed by atoms with Crippen LogP contribution in [0.5, 0.6) is 5.75 Å². The van der Waals surface area contributed by atoms with Gasteiger partial charge in [-0.25, -0.2) is 0 Å². The largest absolute Gasteiger partial charge is 0.495 e. The molecule has 6 nitrogen and oxygen atoms in total. The topological polar surface area (TPSA) is 82.5 Å². The van der Waals surface area contributed by atoms with Crippen molar-refractivity contribution in [2.24, 2.45) is 5.73 Å². The van der Waals surface area contributed by atoms with Crippen molar-refractivity contribution < 1.29 is 9.53 Å². The smallest absolute Gasteiger partial charge is 0.171 e. The van der Waals surface area contributed by atoms with E-state index in [0.29, 0.717) is 11.2 Å². The first-order chi connectivity index (χ1) is 9.35. The molecular weight excluding hydrogens is 244 g/mol. The number of fused-ring (bicyclic) bond motifs is 3. The zero-order chi connectivity index (χ0) is 13.8. The highest BCUT2D eigenvalue weighted by Gasteiger charge is 2.10. The number of nitrogens with two attached hydrogens (primary N) is 1. The van der Waals surface area contributed by atoms with Crippen LogP contribution in [0.15, 0.2) is 30.6 Å².